The summed E-state index contributed by atoms with van der Waals surface area (Å²) in [5, 5.41) is 9.58. The Balaban J connectivity index is 1.36. The van der Waals surface area contributed by atoms with E-state index in [0.717, 1.165) is 38.8 Å². The van der Waals surface area contributed by atoms with Crippen molar-refractivity contribution >= 4 is 22.9 Å². The molecule has 3 aliphatic rings. The molecule has 2 saturated heterocycles. The topological polar surface area (TPSA) is 43.8 Å². The van der Waals surface area contributed by atoms with E-state index in [0.29, 0.717) is 4.88 Å². The highest BCUT2D eigenvalue weighted by Gasteiger charge is 2.26. The highest BCUT2D eigenvalue weighted by atomic mass is 32.1. The number of likely N-dealkylation sites (tertiary alicyclic amines) is 2. The van der Waals surface area contributed by atoms with E-state index < -0.39 is 5.97 Å². The standard InChI is InChI=1S/C26H32N2O2S/c29-26(30)24-18-22-23(31-24)9-8-19-6-1-2-7-21(19)25(22)20-10-16-28(17-11-20)15-5-14-27-12-3-4-13-27/h1-2,6-7,18H,3-5,8-17H2,(H,29,30). The molecule has 0 atom stereocenters. The molecule has 164 valence electrons. The van der Waals surface area contributed by atoms with E-state index >= 15 is 0 Å². The number of aromatic carboxylic acids is 1. The summed E-state index contributed by atoms with van der Waals surface area (Å²) in [6.45, 7) is 7.25. The number of fused-ring (bicyclic) bond motifs is 2. The highest BCUT2D eigenvalue weighted by Crippen LogP contribution is 2.41. The number of benzene rings is 1. The van der Waals surface area contributed by atoms with Crippen LogP contribution in [0.3, 0.4) is 0 Å². The molecule has 0 saturated carbocycles. The van der Waals surface area contributed by atoms with Gasteiger partial charge in [0, 0.05) is 18.0 Å². The number of piperidine rings is 1. The first-order valence-electron chi connectivity index (χ1n) is 11.8. The SMILES string of the molecule is O=C(O)c1cc2c(s1)CCc1ccccc1C2=C1CCN(CCCN2CCCC2)CC1. The van der Waals surface area contributed by atoms with Gasteiger partial charge in [-0.15, -0.1) is 11.3 Å². The van der Waals surface area contributed by atoms with E-state index in [-0.39, 0.29) is 0 Å². The minimum absolute atomic E-state index is 0.474. The first-order valence-corrected chi connectivity index (χ1v) is 12.6. The van der Waals surface area contributed by atoms with Gasteiger partial charge in [0.1, 0.15) is 4.88 Å². The molecule has 5 heteroatoms. The zero-order valence-corrected chi connectivity index (χ0v) is 19.1. The summed E-state index contributed by atoms with van der Waals surface area (Å²) in [6, 6.07) is 10.7. The first kappa shape index (κ1) is 20.9. The number of carbonyl (C=O) groups is 1. The van der Waals surface area contributed by atoms with Crippen LogP contribution < -0.4 is 0 Å². The molecule has 0 unspecified atom stereocenters. The molecule has 1 aromatic heterocycles. The van der Waals surface area contributed by atoms with Gasteiger partial charge >= 0.3 is 5.97 Å². The summed E-state index contributed by atoms with van der Waals surface area (Å²) >= 11 is 1.47. The van der Waals surface area contributed by atoms with Crippen molar-refractivity contribution in [1.29, 1.82) is 0 Å². The number of nitrogens with zero attached hydrogens (tertiary/aromatic N) is 2. The maximum Gasteiger partial charge on any atom is 0.345 e. The molecular formula is C26H32N2O2S. The fourth-order valence-corrected chi connectivity index (χ4v) is 6.51. The highest BCUT2D eigenvalue weighted by molar-refractivity contribution is 7.14. The van der Waals surface area contributed by atoms with E-state index in [9.17, 15) is 9.90 Å². The zero-order valence-electron chi connectivity index (χ0n) is 18.2. The van der Waals surface area contributed by atoms with Crippen LogP contribution in [0.25, 0.3) is 5.57 Å². The molecule has 0 amide bonds. The summed E-state index contributed by atoms with van der Waals surface area (Å²) < 4.78 is 0. The van der Waals surface area contributed by atoms with Gasteiger partial charge in [0.05, 0.1) is 0 Å². The number of hydrogen-bond acceptors (Lipinski definition) is 4. The average molecular weight is 437 g/mol. The lowest BCUT2D eigenvalue weighted by atomic mass is 9.87. The summed E-state index contributed by atoms with van der Waals surface area (Å²) in [4.78, 5) is 18.6. The number of thiophene rings is 1. The molecule has 0 bridgehead atoms. The van der Waals surface area contributed by atoms with Crippen molar-refractivity contribution in [2.24, 2.45) is 0 Å². The van der Waals surface area contributed by atoms with Crippen molar-refractivity contribution in [3.05, 3.63) is 62.3 Å². The molecule has 4 nitrogen and oxygen atoms in total. The minimum Gasteiger partial charge on any atom is -0.477 e. The van der Waals surface area contributed by atoms with Crippen molar-refractivity contribution in [2.75, 3.05) is 39.3 Å². The molecule has 1 N–H and O–H groups in total. The lowest BCUT2D eigenvalue weighted by molar-refractivity contribution is 0.0702. The van der Waals surface area contributed by atoms with Gasteiger partial charge in [-0.2, -0.15) is 0 Å². The number of aryl methyl sites for hydroxylation is 2. The van der Waals surface area contributed by atoms with Crippen molar-refractivity contribution in [3.8, 4) is 0 Å². The Morgan fingerprint density at radius 2 is 1.61 bits per heavy atom. The Kier molecular flexibility index (Phi) is 6.26. The quantitative estimate of drug-likeness (QED) is 0.722. The molecule has 1 aliphatic carbocycles. The lowest BCUT2D eigenvalue weighted by Crippen LogP contribution is -2.34. The predicted octanol–water partition coefficient (Wildman–Crippen LogP) is 4.93. The van der Waals surface area contributed by atoms with Gasteiger partial charge in [-0.1, -0.05) is 29.8 Å². The lowest BCUT2D eigenvalue weighted by Gasteiger charge is -2.30. The van der Waals surface area contributed by atoms with Gasteiger partial charge in [0.2, 0.25) is 0 Å². The minimum atomic E-state index is -0.802. The second kappa shape index (κ2) is 9.27. The van der Waals surface area contributed by atoms with Crippen LogP contribution in [0.5, 0.6) is 0 Å². The van der Waals surface area contributed by atoms with Crippen LogP contribution in [0.4, 0.5) is 0 Å². The molecule has 31 heavy (non-hydrogen) atoms. The van der Waals surface area contributed by atoms with Crippen LogP contribution in [0.2, 0.25) is 0 Å². The number of rotatable bonds is 5. The van der Waals surface area contributed by atoms with Gasteiger partial charge in [-0.3, -0.25) is 0 Å². The van der Waals surface area contributed by atoms with Gasteiger partial charge in [-0.05, 0) is 99.5 Å². The van der Waals surface area contributed by atoms with Crippen LogP contribution in [-0.4, -0.2) is 60.1 Å². The van der Waals surface area contributed by atoms with Gasteiger partial charge in [0.25, 0.3) is 0 Å². The third-order valence-corrected chi connectivity index (χ3v) is 8.34. The Morgan fingerprint density at radius 3 is 2.35 bits per heavy atom. The number of carboxylic acid groups (broad SMARTS) is 1. The van der Waals surface area contributed by atoms with E-state index in [4.69, 9.17) is 0 Å². The second-order valence-electron chi connectivity index (χ2n) is 9.13. The summed E-state index contributed by atoms with van der Waals surface area (Å²) in [6.07, 6.45) is 8.11. The van der Waals surface area contributed by atoms with E-state index in [2.05, 4.69) is 34.1 Å². The molecule has 0 spiro atoms. The largest absolute Gasteiger partial charge is 0.477 e. The molecular weight excluding hydrogens is 404 g/mol. The molecule has 3 heterocycles. The average Bonchev–Trinajstić information content (AvgIpc) is 3.42. The zero-order chi connectivity index (χ0) is 21.2. The third-order valence-electron chi connectivity index (χ3n) is 7.16. The molecule has 2 aromatic rings. The Hall–Kier alpha value is -1.95. The van der Waals surface area contributed by atoms with Crippen LogP contribution in [-0.2, 0) is 12.8 Å². The maximum absolute atomic E-state index is 11.7. The molecule has 5 rings (SSSR count). The van der Waals surface area contributed by atoms with Crippen molar-refractivity contribution in [2.45, 2.75) is 44.9 Å². The summed E-state index contributed by atoms with van der Waals surface area (Å²) in [7, 11) is 0. The van der Waals surface area contributed by atoms with Gasteiger partial charge < -0.3 is 14.9 Å². The third kappa shape index (κ3) is 4.50. The fraction of sp³-hybridized carbons (Fsp3) is 0.500. The molecule has 2 fully saturated rings. The van der Waals surface area contributed by atoms with Gasteiger partial charge in [-0.25, -0.2) is 4.79 Å². The number of carboxylic acids is 1. The Labute approximate surface area is 189 Å². The van der Waals surface area contributed by atoms with Crippen LogP contribution >= 0.6 is 11.3 Å². The van der Waals surface area contributed by atoms with E-state index in [1.807, 2.05) is 6.07 Å². The maximum atomic E-state index is 11.7. The van der Waals surface area contributed by atoms with Crippen LogP contribution in [0.1, 0.15) is 63.3 Å². The summed E-state index contributed by atoms with van der Waals surface area (Å²) in [5.74, 6) is -0.802. The molecule has 1 aromatic carbocycles. The monoisotopic (exact) mass is 436 g/mol. The normalized spacial score (nSPS) is 19.9. The molecule has 0 radical (unpaired) electrons. The predicted molar refractivity (Wildman–Crippen MR) is 127 cm³/mol. The first-order chi connectivity index (χ1) is 15.2. The van der Waals surface area contributed by atoms with Gasteiger partial charge in [0.15, 0.2) is 0 Å². The number of hydrogen-bond donors (Lipinski definition) is 1. The van der Waals surface area contributed by atoms with Crippen molar-refractivity contribution < 1.29 is 9.90 Å². The fourth-order valence-electron chi connectivity index (χ4n) is 5.51. The van der Waals surface area contributed by atoms with Crippen molar-refractivity contribution in [1.82, 2.24) is 9.80 Å². The van der Waals surface area contributed by atoms with Crippen LogP contribution in [0, 0.1) is 0 Å². The van der Waals surface area contributed by atoms with Crippen LogP contribution in [0.15, 0.2) is 35.9 Å². The van der Waals surface area contributed by atoms with E-state index in [1.165, 1.54) is 89.5 Å². The second-order valence-corrected chi connectivity index (χ2v) is 10.3. The van der Waals surface area contributed by atoms with Crippen molar-refractivity contribution in [3.63, 3.8) is 0 Å². The molecule has 2 aliphatic heterocycles. The smallest absolute Gasteiger partial charge is 0.345 e. The Morgan fingerprint density at radius 1 is 0.903 bits per heavy atom. The Bertz CT molecular complexity index is 977. The summed E-state index contributed by atoms with van der Waals surface area (Å²) in [5.41, 5.74) is 6.77. The van der Waals surface area contributed by atoms with E-state index in [1.54, 1.807) is 0 Å².